The van der Waals surface area contributed by atoms with E-state index in [1.54, 1.807) is 7.11 Å². The van der Waals surface area contributed by atoms with Crippen LogP contribution in [0.1, 0.15) is 38.5 Å². The average Bonchev–Trinajstić information content (AvgIpc) is 3.48. The molecule has 0 aromatic rings. The molecule has 0 saturated carbocycles. The second-order valence-corrected chi connectivity index (χ2v) is 14.5. The molecular weight excluding hydrogens is 600 g/mol. The fraction of sp³-hybridized carbons (Fsp3) is 0.840. The van der Waals surface area contributed by atoms with E-state index in [4.69, 9.17) is 37.0 Å². The van der Waals surface area contributed by atoms with Gasteiger partial charge in [0.2, 0.25) is 26.9 Å². The second-order valence-electron chi connectivity index (χ2n) is 9.51. The molecule has 13 nitrogen and oxygen atoms in total. The Morgan fingerprint density at radius 3 is 2.39 bits per heavy atom. The molecule has 2 N–H and O–H groups in total. The summed E-state index contributed by atoms with van der Waals surface area (Å²) in [7, 11) is -3.51. The zero-order valence-electron chi connectivity index (χ0n) is 24.2. The molecule has 0 aromatic heterocycles. The standard InChI is InChI=1S/C25H47NO12P2S/c1-31-14-15-34-17-16-33-13-10-26-24(27)19-23(25(26)28)41-18-8-6-5-7-11-36-40(4,30)37-20-22-21(9-12-35-22)38-39(3,29)32-2/h21-23,29-30H,3-20H2,1-2H3. The van der Waals surface area contributed by atoms with E-state index in [0.717, 1.165) is 31.4 Å². The van der Waals surface area contributed by atoms with Gasteiger partial charge in [0.15, 0.2) is 0 Å². The molecule has 5 atom stereocenters. The zero-order valence-corrected chi connectivity index (χ0v) is 26.8. The van der Waals surface area contributed by atoms with Crippen LogP contribution in [-0.4, -0.2) is 136 Å². The molecule has 2 saturated heterocycles. The Hall–Kier alpha value is -0.310. The number of thioether (sulfide) groups is 1. The summed E-state index contributed by atoms with van der Waals surface area (Å²) in [6.45, 7) is 3.16. The summed E-state index contributed by atoms with van der Waals surface area (Å²) in [6.07, 6.45) is 10.4. The number of hydrogen-bond acceptors (Lipinski definition) is 13. The Morgan fingerprint density at radius 1 is 0.951 bits per heavy atom. The van der Waals surface area contributed by atoms with Crippen LogP contribution in [-0.2, 0) is 46.6 Å². The van der Waals surface area contributed by atoms with Gasteiger partial charge < -0.3 is 46.8 Å². The number of hydrogen-bond donors (Lipinski definition) is 2. The number of ether oxygens (including phenoxy) is 4. The van der Waals surface area contributed by atoms with Crippen molar-refractivity contribution in [3.05, 3.63) is 0 Å². The van der Waals surface area contributed by atoms with Crippen LogP contribution in [0.4, 0.5) is 0 Å². The molecule has 2 aliphatic heterocycles. The Bertz CT molecular complexity index is 882. The molecule has 2 heterocycles. The molecule has 0 bridgehead atoms. The molecular formula is C25H47NO12P2S. The monoisotopic (exact) mass is 647 g/mol. The van der Waals surface area contributed by atoms with Crippen LogP contribution in [0, 0.1) is 0 Å². The lowest BCUT2D eigenvalue weighted by Crippen LogP contribution is -2.34. The highest BCUT2D eigenvalue weighted by molar-refractivity contribution is 8.00. The van der Waals surface area contributed by atoms with E-state index < -0.39 is 27.3 Å². The Kier molecular flexibility index (Phi) is 17.9. The fourth-order valence-electron chi connectivity index (χ4n) is 4.02. The maximum Gasteiger partial charge on any atom is 0.248 e. The lowest BCUT2D eigenvalue weighted by molar-refractivity contribution is -0.139. The van der Waals surface area contributed by atoms with Gasteiger partial charge in [-0.2, -0.15) is 0 Å². The van der Waals surface area contributed by atoms with Crippen molar-refractivity contribution >= 4 is 51.3 Å². The summed E-state index contributed by atoms with van der Waals surface area (Å²) in [5, 5.41) is -0.334. The minimum atomic E-state index is -3.28. The van der Waals surface area contributed by atoms with Gasteiger partial charge >= 0.3 is 0 Å². The van der Waals surface area contributed by atoms with E-state index in [2.05, 4.69) is 12.6 Å². The smallest absolute Gasteiger partial charge is 0.248 e. The van der Waals surface area contributed by atoms with Gasteiger partial charge in [-0.25, -0.2) is 0 Å². The molecule has 41 heavy (non-hydrogen) atoms. The van der Waals surface area contributed by atoms with Crippen LogP contribution in [0.25, 0.3) is 0 Å². The second kappa shape index (κ2) is 19.9. The summed E-state index contributed by atoms with van der Waals surface area (Å²) in [5.41, 5.74) is 0. The Morgan fingerprint density at radius 2 is 1.66 bits per heavy atom. The Balaban J connectivity index is 1.50. The van der Waals surface area contributed by atoms with Crippen molar-refractivity contribution in [2.24, 2.45) is 0 Å². The van der Waals surface area contributed by atoms with Gasteiger partial charge in [-0.1, -0.05) is 12.8 Å². The number of likely N-dealkylation sites (tertiary alicyclic amines) is 1. The maximum absolute atomic E-state index is 12.6. The van der Waals surface area contributed by atoms with Crippen molar-refractivity contribution in [1.82, 2.24) is 4.90 Å². The van der Waals surface area contributed by atoms with Gasteiger partial charge in [0, 0.05) is 33.7 Å². The van der Waals surface area contributed by atoms with Gasteiger partial charge in [0.1, 0.15) is 6.10 Å². The molecule has 0 radical (unpaired) electrons. The summed E-state index contributed by atoms with van der Waals surface area (Å²) < 4.78 is 42.6. The van der Waals surface area contributed by atoms with Crippen LogP contribution in [0.15, 0.2) is 0 Å². The first-order valence-electron chi connectivity index (χ1n) is 13.8. The first-order valence-corrected chi connectivity index (χ1v) is 18.3. The van der Waals surface area contributed by atoms with E-state index in [1.165, 1.54) is 23.8 Å². The highest BCUT2D eigenvalue weighted by Gasteiger charge is 2.38. The van der Waals surface area contributed by atoms with E-state index in [-0.39, 0.29) is 36.6 Å². The molecule has 2 amide bonds. The number of nitrogens with zero attached hydrogens (tertiary/aromatic N) is 1. The predicted octanol–water partition coefficient (Wildman–Crippen LogP) is 2.31. The lowest BCUT2D eigenvalue weighted by Gasteiger charge is -2.26. The SMILES string of the molecule is C=P(O)(OCCCCCCSC1CC(=O)N(CCOCCOCCOC)C1=O)OCC1OCCC1OP(=C)(O)OC. The van der Waals surface area contributed by atoms with Crippen molar-refractivity contribution in [1.29, 1.82) is 0 Å². The van der Waals surface area contributed by atoms with E-state index in [1.807, 2.05) is 0 Å². The third kappa shape index (κ3) is 14.8. The van der Waals surface area contributed by atoms with Crippen LogP contribution in [0.5, 0.6) is 0 Å². The van der Waals surface area contributed by atoms with E-state index in [9.17, 15) is 19.4 Å². The minimum absolute atomic E-state index is 0.0104. The van der Waals surface area contributed by atoms with Gasteiger partial charge in [-0.15, -0.1) is 11.8 Å². The van der Waals surface area contributed by atoms with E-state index >= 15 is 0 Å². The number of unbranched alkanes of at least 4 members (excludes halogenated alkanes) is 3. The quantitative estimate of drug-likeness (QED) is 0.0897. The van der Waals surface area contributed by atoms with Crippen LogP contribution in [0.2, 0.25) is 0 Å². The molecule has 0 spiro atoms. The summed E-state index contributed by atoms with van der Waals surface area (Å²) >= 11 is 1.52. The predicted molar refractivity (Wildman–Crippen MR) is 160 cm³/mol. The Labute approximate surface area is 247 Å². The third-order valence-electron chi connectivity index (χ3n) is 6.29. The van der Waals surface area contributed by atoms with Gasteiger partial charge in [-0.3, -0.25) is 14.5 Å². The van der Waals surface area contributed by atoms with Crippen molar-refractivity contribution in [3.8, 4) is 0 Å². The first kappa shape index (κ1) is 36.9. The lowest BCUT2D eigenvalue weighted by atomic mass is 10.2. The van der Waals surface area contributed by atoms with Crippen molar-refractivity contribution in [2.45, 2.75) is 56.0 Å². The first-order chi connectivity index (χ1) is 19.6. The summed E-state index contributed by atoms with van der Waals surface area (Å²) in [5.74, 6) is 0.482. The number of carbonyl (C=O) groups is 2. The highest BCUT2D eigenvalue weighted by Crippen LogP contribution is 2.47. The molecule has 0 aliphatic carbocycles. The molecule has 2 aliphatic rings. The topological polar surface area (TPSA) is 152 Å². The number of amides is 2. The molecule has 0 aromatic carbocycles. The minimum Gasteiger partial charge on any atom is -0.382 e. The molecule has 2 rings (SSSR count). The molecule has 5 unspecified atom stereocenters. The maximum atomic E-state index is 12.6. The number of carbonyl (C=O) groups excluding carboxylic acids is 2. The number of methoxy groups -OCH3 is 1. The van der Waals surface area contributed by atoms with E-state index in [0.29, 0.717) is 52.7 Å². The highest BCUT2D eigenvalue weighted by atomic mass is 32.2. The molecule has 16 heteroatoms. The summed E-state index contributed by atoms with van der Waals surface area (Å²) in [4.78, 5) is 46.5. The van der Waals surface area contributed by atoms with Crippen molar-refractivity contribution in [2.75, 3.05) is 79.4 Å². The van der Waals surface area contributed by atoms with Crippen molar-refractivity contribution in [3.63, 3.8) is 0 Å². The zero-order chi connectivity index (χ0) is 30.1. The van der Waals surface area contributed by atoms with Gasteiger partial charge in [0.25, 0.3) is 0 Å². The number of imide groups is 1. The van der Waals surface area contributed by atoms with Crippen molar-refractivity contribution < 1.29 is 56.4 Å². The van der Waals surface area contributed by atoms with Gasteiger partial charge in [0.05, 0.1) is 64.1 Å². The van der Waals surface area contributed by atoms with Crippen LogP contribution >= 0.6 is 26.9 Å². The average molecular weight is 648 g/mol. The number of rotatable bonds is 24. The molecule has 2 fully saturated rings. The summed E-state index contributed by atoms with van der Waals surface area (Å²) in [6, 6.07) is 0. The third-order valence-corrected chi connectivity index (χ3v) is 9.90. The fourth-order valence-corrected chi connectivity index (χ4v) is 6.82. The largest absolute Gasteiger partial charge is 0.382 e. The normalized spacial score (nSPS) is 24.2. The molecule has 240 valence electrons. The van der Waals surface area contributed by atoms with Crippen LogP contribution in [0.3, 0.4) is 0 Å². The van der Waals surface area contributed by atoms with Gasteiger partial charge in [-0.05, 0) is 31.2 Å². The van der Waals surface area contributed by atoms with Crippen LogP contribution < -0.4 is 0 Å².